The van der Waals surface area contributed by atoms with Crippen LogP contribution in [0.4, 0.5) is 0 Å². The highest BCUT2D eigenvalue weighted by Gasteiger charge is 2.35. The van der Waals surface area contributed by atoms with Gasteiger partial charge in [-0.05, 0) is 31.0 Å². The van der Waals surface area contributed by atoms with Crippen molar-refractivity contribution in [3.8, 4) is 5.88 Å². The summed E-state index contributed by atoms with van der Waals surface area (Å²) in [6, 6.07) is 5.45. The van der Waals surface area contributed by atoms with Crippen molar-refractivity contribution >= 4 is 17.5 Å². The first-order valence-corrected chi connectivity index (χ1v) is 10.1. The number of hydrogen-bond acceptors (Lipinski definition) is 6. The van der Waals surface area contributed by atoms with Crippen molar-refractivity contribution in [1.29, 1.82) is 0 Å². The van der Waals surface area contributed by atoms with E-state index >= 15 is 0 Å². The van der Waals surface area contributed by atoms with Crippen LogP contribution in [-0.2, 0) is 13.1 Å². The summed E-state index contributed by atoms with van der Waals surface area (Å²) in [6.45, 7) is 0.733. The monoisotopic (exact) mass is 406 g/mol. The number of aromatic nitrogens is 4. The topological polar surface area (TPSA) is 102 Å². The van der Waals surface area contributed by atoms with Gasteiger partial charge in [0.1, 0.15) is 6.33 Å². The van der Waals surface area contributed by atoms with Gasteiger partial charge in [-0.2, -0.15) is 5.10 Å². The maximum absolute atomic E-state index is 12.9. The Morgan fingerprint density at radius 2 is 2.13 bits per heavy atom. The number of nitrogens with one attached hydrogen (secondary N) is 1. The molecule has 4 heterocycles. The highest BCUT2D eigenvalue weighted by atomic mass is 16.5. The Labute approximate surface area is 173 Å². The number of amides is 2. The molecule has 0 aromatic carbocycles. The molecule has 30 heavy (non-hydrogen) atoms. The first kappa shape index (κ1) is 18.5. The molecule has 0 radical (unpaired) electrons. The van der Waals surface area contributed by atoms with Crippen molar-refractivity contribution in [3.63, 3.8) is 0 Å². The third kappa shape index (κ3) is 3.16. The number of hydrogen-bond donors (Lipinski definition) is 1. The second-order valence-corrected chi connectivity index (χ2v) is 7.68. The van der Waals surface area contributed by atoms with E-state index in [4.69, 9.17) is 4.74 Å². The summed E-state index contributed by atoms with van der Waals surface area (Å²) in [6.07, 6.45) is 7.56. The molecule has 9 heteroatoms. The second kappa shape index (κ2) is 7.40. The van der Waals surface area contributed by atoms with Gasteiger partial charge in [-0.15, -0.1) is 0 Å². The number of pyridine rings is 2. The molecule has 5 rings (SSSR count). The van der Waals surface area contributed by atoms with Crippen molar-refractivity contribution in [2.75, 3.05) is 7.11 Å². The van der Waals surface area contributed by atoms with E-state index in [1.807, 2.05) is 4.90 Å². The van der Waals surface area contributed by atoms with E-state index in [-0.39, 0.29) is 18.4 Å². The fraction of sp³-hybridized carbons (Fsp3) is 0.381. The first-order valence-electron chi connectivity index (χ1n) is 10.1. The van der Waals surface area contributed by atoms with Gasteiger partial charge in [0.2, 0.25) is 5.88 Å². The molecule has 0 saturated heterocycles. The van der Waals surface area contributed by atoms with E-state index in [0.717, 1.165) is 18.5 Å². The zero-order valence-corrected chi connectivity index (χ0v) is 16.7. The molecular weight excluding hydrogens is 384 g/mol. The number of carbonyl (C=O) groups is 2. The van der Waals surface area contributed by atoms with Crippen molar-refractivity contribution in [2.45, 2.75) is 44.8 Å². The Bertz CT molecular complexity index is 1130. The Balaban J connectivity index is 1.34. The fourth-order valence-corrected chi connectivity index (χ4v) is 4.32. The van der Waals surface area contributed by atoms with Crippen molar-refractivity contribution < 1.29 is 14.3 Å². The average molecular weight is 406 g/mol. The molecule has 2 amide bonds. The lowest BCUT2D eigenvalue weighted by atomic mass is 10.1. The molecule has 0 atom stereocenters. The van der Waals surface area contributed by atoms with Crippen LogP contribution in [0.1, 0.15) is 57.7 Å². The largest absolute Gasteiger partial charge is 0.481 e. The number of fused-ring (bicyclic) bond motifs is 2. The molecule has 0 spiro atoms. The van der Waals surface area contributed by atoms with Crippen LogP contribution in [0, 0.1) is 0 Å². The number of ether oxygens (including phenoxy) is 1. The summed E-state index contributed by atoms with van der Waals surface area (Å²) in [5.74, 6) is 0.210. The molecule has 3 aromatic rings. The maximum Gasteiger partial charge on any atom is 0.256 e. The van der Waals surface area contributed by atoms with Crippen LogP contribution in [0.3, 0.4) is 0 Å². The Kier molecular flexibility index (Phi) is 4.57. The summed E-state index contributed by atoms with van der Waals surface area (Å²) < 4.78 is 7.03. The van der Waals surface area contributed by atoms with Gasteiger partial charge >= 0.3 is 0 Å². The van der Waals surface area contributed by atoms with E-state index in [1.54, 1.807) is 36.0 Å². The number of carbonyl (C=O) groups excluding carboxylic acids is 2. The molecule has 3 aromatic heterocycles. The third-order valence-corrected chi connectivity index (χ3v) is 5.89. The SMILES string of the molecule is COc1nc2c(cc1CNC(=O)c1ccn3ncnc3c1)C(=O)N(C1CCCC1)C2. The molecular formula is C21H22N6O3. The van der Waals surface area contributed by atoms with E-state index in [0.29, 0.717) is 40.8 Å². The standard InChI is InChI=1S/C21H22N6O3/c1-30-20-14(10-22-19(28)13-6-7-27-18(9-13)23-12-24-27)8-16-17(25-20)11-26(21(16)29)15-4-2-3-5-15/h6-9,12,15H,2-5,10-11H2,1H3,(H,22,28). The zero-order valence-electron chi connectivity index (χ0n) is 16.7. The molecule has 0 bridgehead atoms. The lowest BCUT2D eigenvalue weighted by molar-refractivity contribution is 0.0706. The number of methoxy groups -OCH3 is 1. The van der Waals surface area contributed by atoms with Crippen LogP contribution in [0.2, 0.25) is 0 Å². The molecule has 1 N–H and O–H groups in total. The van der Waals surface area contributed by atoms with Gasteiger partial charge in [-0.25, -0.2) is 14.5 Å². The molecule has 1 saturated carbocycles. The minimum Gasteiger partial charge on any atom is -0.481 e. The zero-order chi connectivity index (χ0) is 20.7. The van der Waals surface area contributed by atoms with Gasteiger partial charge in [0, 0.05) is 29.9 Å². The van der Waals surface area contributed by atoms with E-state index in [9.17, 15) is 9.59 Å². The summed E-state index contributed by atoms with van der Waals surface area (Å²) in [5.41, 5.74) is 3.10. The maximum atomic E-state index is 12.9. The summed E-state index contributed by atoms with van der Waals surface area (Å²) >= 11 is 0. The van der Waals surface area contributed by atoms with Gasteiger partial charge in [0.25, 0.3) is 11.8 Å². The van der Waals surface area contributed by atoms with Crippen LogP contribution < -0.4 is 10.1 Å². The van der Waals surface area contributed by atoms with Gasteiger partial charge in [-0.3, -0.25) is 9.59 Å². The predicted molar refractivity (Wildman–Crippen MR) is 107 cm³/mol. The van der Waals surface area contributed by atoms with Crippen LogP contribution in [0.15, 0.2) is 30.7 Å². The highest BCUT2D eigenvalue weighted by Crippen LogP contribution is 2.33. The first-order chi connectivity index (χ1) is 14.6. The van der Waals surface area contributed by atoms with Crippen LogP contribution in [0.25, 0.3) is 5.65 Å². The van der Waals surface area contributed by atoms with Crippen LogP contribution in [0.5, 0.6) is 5.88 Å². The fourth-order valence-electron chi connectivity index (χ4n) is 4.32. The molecule has 0 unspecified atom stereocenters. The van der Waals surface area contributed by atoms with Crippen LogP contribution in [-0.4, -0.2) is 49.4 Å². The molecule has 1 aliphatic carbocycles. The van der Waals surface area contributed by atoms with Crippen molar-refractivity contribution in [2.24, 2.45) is 0 Å². The minimum atomic E-state index is -0.248. The van der Waals surface area contributed by atoms with E-state index in [1.165, 1.54) is 19.2 Å². The van der Waals surface area contributed by atoms with Gasteiger partial charge < -0.3 is 15.0 Å². The Morgan fingerprint density at radius 3 is 2.93 bits per heavy atom. The Hall–Kier alpha value is -3.49. The normalized spacial score (nSPS) is 16.3. The van der Waals surface area contributed by atoms with Crippen LogP contribution >= 0.6 is 0 Å². The van der Waals surface area contributed by atoms with Crippen molar-refractivity contribution in [3.05, 3.63) is 53.1 Å². The lowest BCUT2D eigenvalue weighted by Gasteiger charge is -2.22. The van der Waals surface area contributed by atoms with Crippen molar-refractivity contribution in [1.82, 2.24) is 29.8 Å². The predicted octanol–water partition coefficient (Wildman–Crippen LogP) is 1.96. The molecule has 1 fully saturated rings. The quantitative estimate of drug-likeness (QED) is 0.695. The highest BCUT2D eigenvalue weighted by molar-refractivity contribution is 5.98. The van der Waals surface area contributed by atoms with Gasteiger partial charge in [-0.1, -0.05) is 12.8 Å². The number of nitrogens with zero attached hydrogens (tertiary/aromatic N) is 5. The lowest BCUT2D eigenvalue weighted by Crippen LogP contribution is -2.33. The second-order valence-electron chi connectivity index (χ2n) is 7.68. The van der Waals surface area contributed by atoms with E-state index < -0.39 is 0 Å². The number of rotatable bonds is 5. The summed E-state index contributed by atoms with van der Waals surface area (Å²) in [4.78, 5) is 36.1. The van der Waals surface area contributed by atoms with Gasteiger partial charge in [0.05, 0.1) is 24.9 Å². The molecule has 2 aliphatic rings. The van der Waals surface area contributed by atoms with E-state index in [2.05, 4.69) is 20.4 Å². The molecule has 154 valence electrons. The minimum absolute atomic E-state index is 0.0249. The summed E-state index contributed by atoms with van der Waals surface area (Å²) in [5, 5.41) is 6.90. The summed E-state index contributed by atoms with van der Waals surface area (Å²) in [7, 11) is 1.55. The van der Waals surface area contributed by atoms with Gasteiger partial charge in [0.15, 0.2) is 5.65 Å². The Morgan fingerprint density at radius 1 is 1.30 bits per heavy atom. The molecule has 1 aliphatic heterocycles. The molecule has 9 nitrogen and oxygen atoms in total. The average Bonchev–Trinajstić information content (AvgIpc) is 3.51. The third-order valence-electron chi connectivity index (χ3n) is 5.89. The smallest absolute Gasteiger partial charge is 0.256 e.